The first-order chi connectivity index (χ1) is 9.24. The lowest BCUT2D eigenvalue weighted by Crippen LogP contribution is -2.42. The minimum Gasteiger partial charge on any atom is -0.478 e. The predicted molar refractivity (Wildman–Crippen MR) is 73.4 cm³/mol. The molecule has 0 aliphatic carbocycles. The molecule has 0 saturated carbocycles. The molecule has 1 saturated heterocycles. The molecule has 19 heavy (non-hydrogen) atoms. The summed E-state index contributed by atoms with van der Waals surface area (Å²) in [7, 11) is 0. The van der Waals surface area contributed by atoms with Crippen LogP contribution < -0.4 is 5.32 Å². The highest BCUT2D eigenvalue weighted by Gasteiger charge is 2.14. The van der Waals surface area contributed by atoms with Crippen molar-refractivity contribution in [3.8, 4) is 0 Å². The molecule has 0 spiro atoms. The van der Waals surface area contributed by atoms with Gasteiger partial charge in [0.25, 0.3) is 0 Å². The Kier molecular flexibility index (Phi) is 3.23. The van der Waals surface area contributed by atoms with E-state index < -0.39 is 5.97 Å². The van der Waals surface area contributed by atoms with Crippen molar-refractivity contribution in [3.63, 3.8) is 0 Å². The van der Waals surface area contributed by atoms with Crippen molar-refractivity contribution in [2.45, 2.75) is 6.54 Å². The Balaban J connectivity index is 1.88. The first kappa shape index (κ1) is 12.2. The maximum absolute atomic E-state index is 11.2. The van der Waals surface area contributed by atoms with Crippen LogP contribution in [0.25, 0.3) is 10.9 Å². The van der Waals surface area contributed by atoms with Gasteiger partial charge in [-0.15, -0.1) is 0 Å². The third-order valence-corrected chi connectivity index (χ3v) is 3.55. The molecule has 0 unspecified atom stereocenters. The van der Waals surface area contributed by atoms with Gasteiger partial charge in [0.15, 0.2) is 0 Å². The van der Waals surface area contributed by atoms with Gasteiger partial charge in [-0.3, -0.25) is 4.90 Å². The molecule has 2 aromatic rings. The number of carboxylic acids is 1. The molecule has 1 fully saturated rings. The molecular weight excluding hydrogens is 242 g/mol. The molecule has 2 heterocycles. The zero-order valence-corrected chi connectivity index (χ0v) is 10.6. The fraction of sp³-hybridized carbons (Fsp3) is 0.357. The maximum atomic E-state index is 11.2. The van der Waals surface area contributed by atoms with Gasteiger partial charge in [0.2, 0.25) is 0 Å². The van der Waals surface area contributed by atoms with Gasteiger partial charge in [0.1, 0.15) is 0 Å². The number of benzene rings is 1. The first-order valence-corrected chi connectivity index (χ1v) is 6.51. The Labute approximate surface area is 111 Å². The molecule has 0 radical (unpaired) electrons. The van der Waals surface area contributed by atoms with E-state index in [4.69, 9.17) is 0 Å². The average Bonchev–Trinajstić information content (AvgIpc) is 2.81. The van der Waals surface area contributed by atoms with Gasteiger partial charge in [0.05, 0.1) is 5.56 Å². The van der Waals surface area contributed by atoms with Gasteiger partial charge in [-0.05, 0) is 18.2 Å². The third-order valence-electron chi connectivity index (χ3n) is 3.55. The van der Waals surface area contributed by atoms with E-state index in [9.17, 15) is 9.90 Å². The monoisotopic (exact) mass is 259 g/mol. The van der Waals surface area contributed by atoms with Crippen molar-refractivity contribution in [2.24, 2.45) is 0 Å². The smallest absolute Gasteiger partial charge is 0.336 e. The highest BCUT2D eigenvalue weighted by molar-refractivity contribution is 6.03. The van der Waals surface area contributed by atoms with Crippen LogP contribution in [0.1, 0.15) is 16.1 Å². The number of rotatable bonds is 3. The second-order valence-electron chi connectivity index (χ2n) is 4.89. The largest absolute Gasteiger partial charge is 0.478 e. The molecule has 1 aromatic carbocycles. The number of fused-ring (bicyclic) bond motifs is 1. The number of H-pyrrole nitrogens is 1. The molecule has 1 aliphatic rings. The second-order valence-corrected chi connectivity index (χ2v) is 4.89. The number of aromatic amines is 1. The van der Waals surface area contributed by atoms with Crippen molar-refractivity contribution < 1.29 is 9.90 Å². The molecule has 100 valence electrons. The van der Waals surface area contributed by atoms with Crippen LogP contribution in [0.4, 0.5) is 0 Å². The fourth-order valence-corrected chi connectivity index (χ4v) is 2.59. The summed E-state index contributed by atoms with van der Waals surface area (Å²) < 4.78 is 0. The third kappa shape index (κ3) is 2.47. The van der Waals surface area contributed by atoms with Crippen molar-refractivity contribution in [1.29, 1.82) is 0 Å². The minimum atomic E-state index is -0.877. The highest BCUT2D eigenvalue weighted by atomic mass is 16.4. The summed E-state index contributed by atoms with van der Waals surface area (Å²) >= 11 is 0. The zero-order chi connectivity index (χ0) is 13.2. The summed E-state index contributed by atoms with van der Waals surface area (Å²) in [6.45, 7) is 4.93. The maximum Gasteiger partial charge on any atom is 0.336 e. The topological polar surface area (TPSA) is 68.4 Å². The standard InChI is InChI=1S/C14H17N3O2/c18-14(19)11-2-1-3-13-12(11)8-10(16-13)9-17-6-4-15-5-7-17/h1-3,8,15-16H,4-7,9H2,(H,18,19). The van der Waals surface area contributed by atoms with Gasteiger partial charge >= 0.3 is 5.97 Å². The highest BCUT2D eigenvalue weighted by Crippen LogP contribution is 2.21. The van der Waals surface area contributed by atoms with E-state index in [-0.39, 0.29) is 0 Å². The Morgan fingerprint density at radius 3 is 2.84 bits per heavy atom. The molecule has 0 bridgehead atoms. The van der Waals surface area contributed by atoms with E-state index in [0.29, 0.717) is 5.56 Å². The van der Waals surface area contributed by atoms with E-state index in [2.05, 4.69) is 15.2 Å². The van der Waals surface area contributed by atoms with Crippen LogP contribution in [0.3, 0.4) is 0 Å². The van der Waals surface area contributed by atoms with Gasteiger partial charge in [-0.1, -0.05) is 6.07 Å². The number of hydrogen-bond acceptors (Lipinski definition) is 3. The number of nitrogens with one attached hydrogen (secondary N) is 2. The number of nitrogens with zero attached hydrogens (tertiary/aromatic N) is 1. The van der Waals surface area contributed by atoms with Crippen molar-refractivity contribution in [1.82, 2.24) is 15.2 Å². The van der Waals surface area contributed by atoms with Crippen LogP contribution in [0, 0.1) is 0 Å². The number of carbonyl (C=O) groups is 1. The summed E-state index contributed by atoms with van der Waals surface area (Å²) in [5.74, 6) is -0.877. The molecule has 1 aliphatic heterocycles. The van der Waals surface area contributed by atoms with Gasteiger partial charge in [-0.25, -0.2) is 4.79 Å². The quantitative estimate of drug-likeness (QED) is 0.776. The first-order valence-electron chi connectivity index (χ1n) is 6.51. The zero-order valence-electron chi connectivity index (χ0n) is 10.6. The number of carboxylic acid groups (broad SMARTS) is 1. The Morgan fingerprint density at radius 1 is 1.32 bits per heavy atom. The molecule has 5 heteroatoms. The molecule has 0 atom stereocenters. The van der Waals surface area contributed by atoms with E-state index in [1.54, 1.807) is 12.1 Å². The van der Waals surface area contributed by atoms with Crippen LogP contribution >= 0.6 is 0 Å². The van der Waals surface area contributed by atoms with Gasteiger partial charge in [0, 0.05) is 49.3 Å². The molecule has 3 N–H and O–H groups in total. The van der Waals surface area contributed by atoms with Crippen LogP contribution in [-0.2, 0) is 6.54 Å². The predicted octanol–water partition coefficient (Wildman–Crippen LogP) is 1.27. The van der Waals surface area contributed by atoms with Crippen molar-refractivity contribution >= 4 is 16.9 Å². The Morgan fingerprint density at radius 2 is 2.11 bits per heavy atom. The van der Waals surface area contributed by atoms with Crippen LogP contribution in [0.15, 0.2) is 24.3 Å². The van der Waals surface area contributed by atoms with Crippen LogP contribution in [0.2, 0.25) is 0 Å². The number of aromatic nitrogens is 1. The second kappa shape index (κ2) is 5.03. The van der Waals surface area contributed by atoms with E-state index >= 15 is 0 Å². The summed E-state index contributed by atoms with van der Waals surface area (Å²) in [5.41, 5.74) is 2.33. The minimum absolute atomic E-state index is 0.361. The Hall–Kier alpha value is -1.85. The molecule has 1 aromatic heterocycles. The van der Waals surface area contributed by atoms with Gasteiger partial charge < -0.3 is 15.4 Å². The summed E-state index contributed by atoms with van der Waals surface area (Å²) in [5, 5.41) is 13.3. The Bertz CT molecular complexity index is 600. The van der Waals surface area contributed by atoms with Crippen molar-refractivity contribution in [3.05, 3.63) is 35.5 Å². The summed E-state index contributed by atoms with van der Waals surface area (Å²) in [6, 6.07) is 7.30. The molecule has 3 rings (SSSR count). The van der Waals surface area contributed by atoms with E-state index in [1.165, 1.54) is 0 Å². The molecule has 0 amide bonds. The number of piperazine rings is 1. The number of hydrogen-bond donors (Lipinski definition) is 3. The SMILES string of the molecule is O=C(O)c1cccc2[nH]c(CN3CCNCC3)cc12. The van der Waals surface area contributed by atoms with Crippen LogP contribution in [0.5, 0.6) is 0 Å². The van der Waals surface area contributed by atoms with E-state index in [1.807, 2.05) is 12.1 Å². The van der Waals surface area contributed by atoms with Crippen molar-refractivity contribution in [2.75, 3.05) is 26.2 Å². The fourth-order valence-electron chi connectivity index (χ4n) is 2.59. The lowest BCUT2D eigenvalue weighted by molar-refractivity contribution is 0.0699. The number of aromatic carboxylic acids is 1. The normalized spacial score (nSPS) is 16.8. The van der Waals surface area contributed by atoms with Crippen LogP contribution in [-0.4, -0.2) is 47.1 Å². The van der Waals surface area contributed by atoms with Gasteiger partial charge in [-0.2, -0.15) is 0 Å². The lowest BCUT2D eigenvalue weighted by atomic mass is 10.1. The lowest BCUT2D eigenvalue weighted by Gasteiger charge is -2.26. The van der Waals surface area contributed by atoms with E-state index in [0.717, 1.165) is 49.3 Å². The average molecular weight is 259 g/mol. The summed E-state index contributed by atoms with van der Waals surface area (Å²) in [4.78, 5) is 16.9. The molecular formula is C14H17N3O2. The molecule has 5 nitrogen and oxygen atoms in total. The summed E-state index contributed by atoms with van der Waals surface area (Å²) in [6.07, 6.45) is 0.